The summed E-state index contributed by atoms with van der Waals surface area (Å²) in [4.78, 5) is 50.8. The normalized spacial score (nSPS) is 18.2. The molecule has 0 aliphatic carbocycles. The van der Waals surface area contributed by atoms with Crippen LogP contribution in [0.15, 0.2) is 12.2 Å². The molecule has 40 heavy (non-hydrogen) atoms. The standard InChI is InChI=1S/C23H36Cl4N4O8S/c1-14(2)17(29-21(35)39-22(4,5)10-6-7-12-40(27,36)37)18(32)28-15(3)19(33)31-11-8-9-16(30-31)20(34)38-13-23(24,25)26/h6-7,14-17,30H,8-13H2,1-5H3,(H,28,32)(H,29,35)/b7-6-/t15-,16-,17?/m0/s1. The Kier molecular flexibility index (Phi) is 14.3. The van der Waals surface area contributed by atoms with Gasteiger partial charge in [0.1, 0.15) is 30.3 Å². The van der Waals surface area contributed by atoms with Gasteiger partial charge in [-0.3, -0.25) is 19.4 Å². The second kappa shape index (κ2) is 15.6. The number of hydrazine groups is 1. The highest BCUT2D eigenvalue weighted by Crippen LogP contribution is 2.26. The molecule has 230 valence electrons. The Morgan fingerprint density at radius 1 is 1.10 bits per heavy atom. The topological polar surface area (TPSA) is 160 Å². The molecule has 3 N–H and O–H groups in total. The molecule has 0 bridgehead atoms. The van der Waals surface area contributed by atoms with Gasteiger partial charge in [0.2, 0.25) is 18.8 Å². The fourth-order valence-corrected chi connectivity index (χ4v) is 4.25. The van der Waals surface area contributed by atoms with Gasteiger partial charge in [-0.1, -0.05) is 60.8 Å². The summed E-state index contributed by atoms with van der Waals surface area (Å²) in [6.45, 7) is 7.94. The fraction of sp³-hybridized carbons (Fsp3) is 0.739. The van der Waals surface area contributed by atoms with Gasteiger partial charge in [0.25, 0.3) is 5.91 Å². The number of hydrogen-bond acceptors (Lipinski definition) is 9. The second-order valence-corrected chi connectivity index (χ2v) is 15.5. The molecule has 1 aliphatic heterocycles. The van der Waals surface area contributed by atoms with Crippen LogP contribution in [0.5, 0.6) is 0 Å². The molecule has 0 spiro atoms. The van der Waals surface area contributed by atoms with Crippen LogP contribution < -0.4 is 16.1 Å². The minimum Gasteiger partial charge on any atom is -0.460 e. The summed E-state index contributed by atoms with van der Waals surface area (Å²) in [7, 11) is 1.48. The average molecular weight is 670 g/mol. The number of nitrogens with one attached hydrogen (secondary N) is 3. The Bertz CT molecular complexity index is 1050. The van der Waals surface area contributed by atoms with Gasteiger partial charge in [-0.15, -0.1) is 0 Å². The zero-order chi connectivity index (χ0) is 30.9. The van der Waals surface area contributed by atoms with E-state index in [1.807, 2.05) is 0 Å². The Morgan fingerprint density at radius 2 is 1.73 bits per heavy atom. The molecule has 0 radical (unpaired) electrons. The molecule has 17 heteroatoms. The summed E-state index contributed by atoms with van der Waals surface area (Å²) in [5.41, 5.74) is 1.76. The van der Waals surface area contributed by atoms with Crippen molar-refractivity contribution in [2.24, 2.45) is 5.92 Å². The SMILES string of the molecule is CC(C)C(NC(=O)OC(C)(C)C/C=C\CS(=O)(=O)Cl)C(=O)N[C@@H](C)C(=O)N1CCC[C@@H](C(=O)OCC(Cl)(Cl)Cl)N1. The van der Waals surface area contributed by atoms with E-state index >= 15 is 0 Å². The lowest BCUT2D eigenvalue weighted by molar-refractivity contribution is -0.152. The quantitative estimate of drug-likeness (QED) is 0.123. The van der Waals surface area contributed by atoms with Crippen LogP contribution in [0.1, 0.15) is 53.9 Å². The highest BCUT2D eigenvalue weighted by molar-refractivity contribution is 8.13. The van der Waals surface area contributed by atoms with E-state index < -0.39 is 67.1 Å². The number of carbonyl (C=O) groups excluding carboxylic acids is 4. The number of esters is 1. The summed E-state index contributed by atoms with van der Waals surface area (Å²) in [5.74, 6) is -2.54. The molecule has 3 amide bonds. The van der Waals surface area contributed by atoms with Crippen LogP contribution in [0.3, 0.4) is 0 Å². The average Bonchev–Trinajstić information content (AvgIpc) is 2.81. The van der Waals surface area contributed by atoms with Crippen LogP contribution in [0.4, 0.5) is 4.79 Å². The van der Waals surface area contributed by atoms with E-state index in [1.54, 1.807) is 27.7 Å². The van der Waals surface area contributed by atoms with Gasteiger partial charge in [-0.05, 0) is 39.5 Å². The van der Waals surface area contributed by atoms with E-state index in [1.165, 1.54) is 24.1 Å². The molecule has 1 unspecified atom stereocenters. The van der Waals surface area contributed by atoms with E-state index in [9.17, 15) is 27.6 Å². The molecular weight excluding hydrogens is 634 g/mol. The Morgan fingerprint density at radius 3 is 2.27 bits per heavy atom. The highest BCUT2D eigenvalue weighted by Gasteiger charge is 2.34. The maximum Gasteiger partial charge on any atom is 0.408 e. The largest absolute Gasteiger partial charge is 0.460 e. The van der Waals surface area contributed by atoms with Crippen molar-refractivity contribution in [3.63, 3.8) is 0 Å². The van der Waals surface area contributed by atoms with Crippen LogP contribution in [0.2, 0.25) is 0 Å². The van der Waals surface area contributed by atoms with Gasteiger partial charge in [-0.2, -0.15) is 0 Å². The third-order valence-corrected chi connectivity index (χ3v) is 6.80. The minimum absolute atomic E-state index is 0.193. The molecule has 1 saturated heterocycles. The first kappa shape index (κ1) is 36.5. The second-order valence-electron chi connectivity index (χ2n) is 10.2. The predicted molar refractivity (Wildman–Crippen MR) is 152 cm³/mol. The number of hydrogen-bond donors (Lipinski definition) is 3. The van der Waals surface area contributed by atoms with Crippen LogP contribution in [0.25, 0.3) is 0 Å². The monoisotopic (exact) mass is 668 g/mol. The van der Waals surface area contributed by atoms with Crippen LogP contribution in [-0.4, -0.2) is 83.7 Å². The van der Waals surface area contributed by atoms with Gasteiger partial charge >= 0.3 is 12.1 Å². The Balaban J connectivity index is 2.71. The fourth-order valence-electron chi connectivity index (χ4n) is 3.50. The van der Waals surface area contributed by atoms with E-state index in [0.717, 1.165) is 0 Å². The molecule has 1 heterocycles. The maximum atomic E-state index is 13.0. The van der Waals surface area contributed by atoms with Crippen molar-refractivity contribution in [1.82, 2.24) is 21.1 Å². The minimum atomic E-state index is -3.68. The van der Waals surface area contributed by atoms with E-state index in [0.29, 0.717) is 12.8 Å². The van der Waals surface area contributed by atoms with Gasteiger partial charge in [0.15, 0.2) is 0 Å². The number of alkyl carbamates (subject to hydrolysis) is 1. The first-order valence-corrected chi connectivity index (χ1v) is 16.0. The summed E-state index contributed by atoms with van der Waals surface area (Å²) >= 11 is 16.8. The lowest BCUT2D eigenvalue weighted by Gasteiger charge is -2.34. The molecule has 1 rings (SSSR count). The van der Waals surface area contributed by atoms with Crippen LogP contribution in [0, 0.1) is 5.92 Å². The summed E-state index contributed by atoms with van der Waals surface area (Å²) in [6, 6.07) is -2.88. The third kappa shape index (κ3) is 14.4. The molecule has 3 atom stereocenters. The van der Waals surface area contributed by atoms with Crippen LogP contribution in [-0.2, 0) is 32.9 Å². The van der Waals surface area contributed by atoms with E-state index in [2.05, 4.69) is 16.1 Å². The molecule has 0 saturated carbocycles. The number of halogens is 4. The van der Waals surface area contributed by atoms with Gasteiger partial charge in [0, 0.05) is 23.6 Å². The lowest BCUT2D eigenvalue weighted by Crippen LogP contribution is -2.61. The van der Waals surface area contributed by atoms with Crippen molar-refractivity contribution in [3.05, 3.63) is 12.2 Å². The predicted octanol–water partition coefficient (Wildman–Crippen LogP) is 2.94. The first-order chi connectivity index (χ1) is 18.2. The number of carbonyl (C=O) groups is 4. The van der Waals surface area contributed by atoms with E-state index in [-0.39, 0.29) is 24.6 Å². The van der Waals surface area contributed by atoms with Crippen molar-refractivity contribution in [3.8, 4) is 0 Å². The Labute approximate surface area is 254 Å². The van der Waals surface area contributed by atoms with Crippen molar-refractivity contribution in [2.45, 2.75) is 81.4 Å². The smallest absolute Gasteiger partial charge is 0.408 e. The molecule has 0 aromatic rings. The van der Waals surface area contributed by atoms with Gasteiger partial charge in [0.05, 0.1) is 5.75 Å². The molecule has 1 fully saturated rings. The van der Waals surface area contributed by atoms with Crippen molar-refractivity contribution >= 4 is 78.4 Å². The molecular formula is C23H36Cl4N4O8S. The van der Waals surface area contributed by atoms with Crippen molar-refractivity contribution in [2.75, 3.05) is 18.9 Å². The number of amides is 3. The van der Waals surface area contributed by atoms with E-state index in [4.69, 9.17) is 55.0 Å². The number of nitrogens with zero attached hydrogens (tertiary/aromatic N) is 1. The third-order valence-electron chi connectivity index (χ3n) is 5.51. The Hall–Kier alpha value is -1.51. The van der Waals surface area contributed by atoms with Crippen molar-refractivity contribution in [1.29, 1.82) is 0 Å². The molecule has 0 aromatic carbocycles. The summed E-state index contributed by atoms with van der Waals surface area (Å²) in [5, 5.41) is 6.31. The summed E-state index contributed by atoms with van der Waals surface area (Å²) in [6.07, 6.45) is 3.07. The maximum absolute atomic E-state index is 13.0. The van der Waals surface area contributed by atoms with Crippen molar-refractivity contribution < 1.29 is 37.1 Å². The first-order valence-electron chi connectivity index (χ1n) is 12.4. The molecule has 12 nitrogen and oxygen atoms in total. The van der Waals surface area contributed by atoms with Gasteiger partial charge in [-0.25, -0.2) is 18.6 Å². The molecule has 1 aliphatic rings. The zero-order valence-corrected chi connectivity index (χ0v) is 26.7. The van der Waals surface area contributed by atoms with Crippen LogP contribution >= 0.6 is 45.5 Å². The summed E-state index contributed by atoms with van der Waals surface area (Å²) < 4.78 is 30.6. The number of rotatable bonds is 12. The zero-order valence-electron chi connectivity index (χ0n) is 22.8. The number of ether oxygens (including phenoxy) is 2. The molecule has 0 aromatic heterocycles. The lowest BCUT2D eigenvalue weighted by atomic mass is 10.0. The van der Waals surface area contributed by atoms with Gasteiger partial charge < -0.3 is 20.1 Å². The highest BCUT2D eigenvalue weighted by atomic mass is 35.7. The number of alkyl halides is 3.